The van der Waals surface area contributed by atoms with Gasteiger partial charge in [-0.05, 0) is 19.4 Å². The number of benzene rings is 1. The fourth-order valence-electron chi connectivity index (χ4n) is 1.96. The summed E-state index contributed by atoms with van der Waals surface area (Å²) in [6.45, 7) is 3.61. The topological polar surface area (TPSA) is 34.9 Å². The summed E-state index contributed by atoms with van der Waals surface area (Å²) >= 11 is 0.986. The van der Waals surface area contributed by atoms with Crippen molar-refractivity contribution in [3.63, 3.8) is 0 Å². The molecule has 2 rings (SSSR count). The first-order chi connectivity index (χ1) is 10.1. The zero-order valence-electron chi connectivity index (χ0n) is 11.8. The number of hydrogen-bond acceptors (Lipinski definition) is 3. The summed E-state index contributed by atoms with van der Waals surface area (Å²) in [5.74, 6) is 5.10. The standard InChI is InChI=1S/C16H15FN2OS/c1-3-4-10-21-16(20)14-15(17)18-11-19(14)12(2)13-8-6-5-7-9-13/h5-9,11-12H,10H2,1-2H3/t12-/m1/s1. The van der Waals surface area contributed by atoms with Crippen molar-refractivity contribution in [2.75, 3.05) is 5.75 Å². The minimum absolute atomic E-state index is 0.00532. The lowest BCUT2D eigenvalue weighted by Gasteiger charge is -2.16. The molecule has 1 atom stereocenters. The summed E-state index contributed by atoms with van der Waals surface area (Å²) in [5, 5.41) is -0.351. The lowest BCUT2D eigenvalue weighted by atomic mass is 10.1. The minimum Gasteiger partial charge on any atom is -0.318 e. The van der Waals surface area contributed by atoms with Crippen LogP contribution in [0.15, 0.2) is 36.7 Å². The Bertz CT molecular complexity index is 685. The van der Waals surface area contributed by atoms with Crippen LogP contribution in [0.25, 0.3) is 0 Å². The van der Waals surface area contributed by atoms with E-state index in [0.29, 0.717) is 5.75 Å². The van der Waals surface area contributed by atoms with E-state index in [2.05, 4.69) is 16.8 Å². The van der Waals surface area contributed by atoms with Crippen LogP contribution in [0.3, 0.4) is 0 Å². The number of aromatic nitrogens is 2. The fourth-order valence-corrected chi connectivity index (χ4v) is 2.63. The van der Waals surface area contributed by atoms with E-state index in [4.69, 9.17) is 0 Å². The van der Waals surface area contributed by atoms with Crippen LogP contribution in [0.2, 0.25) is 0 Å². The van der Waals surface area contributed by atoms with Crippen LogP contribution in [0, 0.1) is 17.8 Å². The molecule has 0 bridgehead atoms. The summed E-state index contributed by atoms with van der Waals surface area (Å²) in [4.78, 5) is 15.8. The second kappa shape index (κ2) is 7.09. The van der Waals surface area contributed by atoms with Gasteiger partial charge in [0.05, 0.1) is 18.1 Å². The smallest absolute Gasteiger partial charge is 0.242 e. The number of rotatable bonds is 4. The van der Waals surface area contributed by atoms with Gasteiger partial charge in [-0.15, -0.1) is 5.92 Å². The molecule has 3 nitrogen and oxygen atoms in total. The highest BCUT2D eigenvalue weighted by Crippen LogP contribution is 2.23. The first-order valence-electron chi connectivity index (χ1n) is 6.49. The number of thioether (sulfide) groups is 1. The van der Waals surface area contributed by atoms with Crippen molar-refractivity contribution in [3.8, 4) is 11.8 Å². The quantitative estimate of drug-likeness (QED) is 0.810. The molecule has 0 aliphatic rings. The maximum atomic E-state index is 13.8. The van der Waals surface area contributed by atoms with Crippen LogP contribution in [-0.2, 0) is 0 Å². The molecule has 0 saturated heterocycles. The van der Waals surface area contributed by atoms with E-state index in [0.717, 1.165) is 17.3 Å². The molecular formula is C16H15FN2OS. The van der Waals surface area contributed by atoms with Crippen LogP contribution in [0.4, 0.5) is 4.39 Å². The van der Waals surface area contributed by atoms with Crippen LogP contribution in [-0.4, -0.2) is 20.4 Å². The Morgan fingerprint density at radius 2 is 2.14 bits per heavy atom. The number of nitrogens with zero attached hydrogens (tertiary/aromatic N) is 2. The number of imidazole rings is 1. The van der Waals surface area contributed by atoms with Crippen molar-refractivity contribution in [2.45, 2.75) is 19.9 Å². The largest absolute Gasteiger partial charge is 0.318 e. The predicted octanol–water partition coefficient (Wildman–Crippen LogP) is 3.53. The van der Waals surface area contributed by atoms with Gasteiger partial charge in [0.25, 0.3) is 0 Å². The van der Waals surface area contributed by atoms with Gasteiger partial charge in [-0.1, -0.05) is 48.0 Å². The summed E-state index contributed by atoms with van der Waals surface area (Å²) < 4.78 is 15.4. The van der Waals surface area contributed by atoms with Gasteiger partial charge < -0.3 is 4.57 Å². The molecule has 2 aromatic rings. The van der Waals surface area contributed by atoms with Gasteiger partial charge in [-0.25, -0.2) is 4.98 Å². The molecule has 21 heavy (non-hydrogen) atoms. The number of hydrogen-bond donors (Lipinski definition) is 0. The average Bonchev–Trinajstić information content (AvgIpc) is 2.89. The van der Waals surface area contributed by atoms with E-state index in [1.807, 2.05) is 37.3 Å². The molecule has 5 heteroatoms. The van der Waals surface area contributed by atoms with E-state index in [9.17, 15) is 9.18 Å². The lowest BCUT2D eigenvalue weighted by Crippen LogP contribution is -2.13. The molecule has 1 aromatic carbocycles. The molecule has 0 aliphatic carbocycles. The molecule has 0 fully saturated rings. The monoisotopic (exact) mass is 302 g/mol. The molecule has 0 radical (unpaired) electrons. The van der Waals surface area contributed by atoms with Crippen LogP contribution < -0.4 is 0 Å². The third-order valence-electron chi connectivity index (χ3n) is 3.09. The van der Waals surface area contributed by atoms with Crippen molar-refractivity contribution >= 4 is 16.9 Å². The Morgan fingerprint density at radius 1 is 1.43 bits per heavy atom. The van der Waals surface area contributed by atoms with Crippen LogP contribution >= 0.6 is 11.8 Å². The van der Waals surface area contributed by atoms with Gasteiger partial charge in [-0.3, -0.25) is 4.79 Å². The number of carbonyl (C=O) groups excluding carboxylic acids is 1. The Balaban J connectivity index is 2.29. The van der Waals surface area contributed by atoms with Gasteiger partial charge >= 0.3 is 0 Å². The van der Waals surface area contributed by atoms with E-state index in [-0.39, 0.29) is 16.9 Å². The maximum absolute atomic E-state index is 13.8. The van der Waals surface area contributed by atoms with E-state index in [1.54, 1.807) is 11.5 Å². The Morgan fingerprint density at radius 3 is 2.81 bits per heavy atom. The molecule has 108 valence electrons. The zero-order valence-corrected chi connectivity index (χ0v) is 12.7. The van der Waals surface area contributed by atoms with Crippen molar-refractivity contribution in [2.24, 2.45) is 0 Å². The van der Waals surface area contributed by atoms with Gasteiger partial charge in [0.15, 0.2) is 5.69 Å². The summed E-state index contributed by atoms with van der Waals surface area (Å²) in [6, 6.07) is 9.44. The third kappa shape index (κ3) is 3.53. The number of carbonyl (C=O) groups is 1. The molecule has 1 heterocycles. The molecule has 0 N–H and O–H groups in total. The van der Waals surface area contributed by atoms with Gasteiger partial charge in [0, 0.05) is 0 Å². The normalized spacial score (nSPS) is 11.6. The molecule has 1 aromatic heterocycles. The zero-order chi connectivity index (χ0) is 15.2. The highest BCUT2D eigenvalue weighted by Gasteiger charge is 2.22. The van der Waals surface area contributed by atoms with Crippen molar-refractivity contribution in [1.29, 1.82) is 0 Å². The van der Waals surface area contributed by atoms with E-state index >= 15 is 0 Å². The summed E-state index contributed by atoms with van der Waals surface area (Å²) in [5.41, 5.74) is 0.983. The Kier molecular flexibility index (Phi) is 5.18. The van der Waals surface area contributed by atoms with Crippen molar-refractivity contribution < 1.29 is 9.18 Å². The highest BCUT2D eigenvalue weighted by atomic mass is 32.2. The highest BCUT2D eigenvalue weighted by molar-refractivity contribution is 8.14. The van der Waals surface area contributed by atoms with Crippen LogP contribution in [0.1, 0.15) is 35.9 Å². The predicted molar refractivity (Wildman–Crippen MR) is 82.7 cm³/mol. The Labute approximate surface area is 127 Å². The molecular weight excluding hydrogens is 287 g/mol. The first kappa shape index (κ1) is 15.3. The molecule has 0 aliphatic heterocycles. The van der Waals surface area contributed by atoms with Gasteiger partial charge in [0.1, 0.15) is 0 Å². The maximum Gasteiger partial charge on any atom is 0.242 e. The summed E-state index contributed by atoms with van der Waals surface area (Å²) in [6.07, 6.45) is 1.37. The van der Waals surface area contributed by atoms with Gasteiger partial charge in [-0.2, -0.15) is 4.39 Å². The second-order valence-corrected chi connectivity index (χ2v) is 5.33. The fraction of sp³-hybridized carbons (Fsp3) is 0.250. The average molecular weight is 302 g/mol. The van der Waals surface area contributed by atoms with Crippen molar-refractivity contribution in [3.05, 3.63) is 53.9 Å². The lowest BCUT2D eigenvalue weighted by molar-refractivity contribution is 0.107. The minimum atomic E-state index is -0.736. The Hall–Kier alpha value is -2.06. The molecule has 0 amide bonds. The van der Waals surface area contributed by atoms with E-state index < -0.39 is 5.95 Å². The van der Waals surface area contributed by atoms with Gasteiger partial charge in [0.2, 0.25) is 11.1 Å². The number of halogens is 1. The third-order valence-corrected chi connectivity index (χ3v) is 3.84. The molecule has 0 spiro atoms. The SMILES string of the molecule is CC#CCSC(=O)c1c(F)ncn1[C@H](C)c1ccccc1. The molecule has 0 saturated carbocycles. The molecule has 0 unspecified atom stereocenters. The second-order valence-electron chi connectivity index (χ2n) is 4.38. The van der Waals surface area contributed by atoms with Crippen LogP contribution in [0.5, 0.6) is 0 Å². The van der Waals surface area contributed by atoms with E-state index in [1.165, 1.54) is 6.33 Å². The first-order valence-corrected chi connectivity index (χ1v) is 7.47. The summed E-state index contributed by atoms with van der Waals surface area (Å²) in [7, 11) is 0. The van der Waals surface area contributed by atoms with Crippen molar-refractivity contribution in [1.82, 2.24) is 9.55 Å².